The van der Waals surface area contributed by atoms with Gasteiger partial charge in [0.15, 0.2) is 0 Å². The van der Waals surface area contributed by atoms with Gasteiger partial charge in [-0.15, -0.1) is 0 Å². The van der Waals surface area contributed by atoms with Crippen LogP contribution in [0.2, 0.25) is 0 Å². The van der Waals surface area contributed by atoms with Crippen molar-refractivity contribution in [1.82, 2.24) is 19.9 Å². The van der Waals surface area contributed by atoms with Crippen LogP contribution in [0, 0.1) is 17.8 Å². The van der Waals surface area contributed by atoms with Gasteiger partial charge in [0.25, 0.3) is 0 Å². The smallest absolute Gasteiger partial charge is 0.235 e. The fourth-order valence-electron chi connectivity index (χ4n) is 3.92. The van der Waals surface area contributed by atoms with Gasteiger partial charge in [0, 0.05) is 31.4 Å². The molecule has 208 valence electrons. The normalized spacial score (nSPS) is 16.7. The summed E-state index contributed by atoms with van der Waals surface area (Å²) in [6.45, 7) is 16.2. The lowest BCUT2D eigenvalue weighted by atomic mass is 9.97. The molecule has 0 bridgehead atoms. The highest BCUT2D eigenvalue weighted by Gasteiger charge is 2.16. The van der Waals surface area contributed by atoms with E-state index in [1.54, 1.807) is 39.0 Å². The molecule has 3 heterocycles. The minimum Gasteiger partial charge on any atom is -0.480 e. The summed E-state index contributed by atoms with van der Waals surface area (Å²) in [4.78, 5) is 16.6. The maximum atomic E-state index is 5.58. The molecule has 3 rings (SSSR count). The predicted molar refractivity (Wildman–Crippen MR) is 151 cm³/mol. The van der Waals surface area contributed by atoms with E-state index in [-0.39, 0.29) is 0 Å². The monoisotopic (exact) mass is 514 g/mol. The van der Waals surface area contributed by atoms with Crippen LogP contribution in [0.25, 0.3) is 0 Å². The van der Waals surface area contributed by atoms with Crippen molar-refractivity contribution in [2.75, 3.05) is 20.8 Å². The first-order chi connectivity index (χ1) is 17.7. The van der Waals surface area contributed by atoms with Gasteiger partial charge >= 0.3 is 0 Å². The average molecular weight is 515 g/mol. The molecule has 2 aromatic heterocycles. The lowest BCUT2D eigenvalue weighted by Crippen LogP contribution is -2.22. The van der Waals surface area contributed by atoms with Crippen molar-refractivity contribution in [2.45, 2.75) is 93.1 Å². The van der Waals surface area contributed by atoms with Crippen LogP contribution < -0.4 is 9.47 Å². The van der Waals surface area contributed by atoms with Gasteiger partial charge in [-0.3, -0.25) is 9.97 Å². The van der Waals surface area contributed by atoms with Gasteiger partial charge < -0.3 is 14.2 Å². The van der Waals surface area contributed by atoms with Gasteiger partial charge in [0.05, 0.1) is 20.3 Å². The van der Waals surface area contributed by atoms with Crippen molar-refractivity contribution >= 4 is 0 Å². The minimum absolute atomic E-state index is 0.392. The molecule has 1 saturated heterocycles. The second-order valence-corrected chi connectivity index (χ2v) is 10.7. The fourth-order valence-corrected chi connectivity index (χ4v) is 3.92. The van der Waals surface area contributed by atoms with E-state index in [1.807, 2.05) is 0 Å². The van der Waals surface area contributed by atoms with Gasteiger partial charge in [-0.05, 0) is 63.7 Å². The lowest BCUT2D eigenvalue weighted by molar-refractivity contribution is 0.0235. The standard InChI is InChI=1S/C11H18N2O.C10H18O.C9H14N2O/c1-9(2)5-4-6-10-11(14-3)13-8-7-12-10;1-8(2)6-10-7-9(3)4-5-11-10;1-7(2)6-8-9(12-3)11-5-4-10-8/h7-9H,4-6H2,1-3H3;6,9-10H,4-5,7H2,1-3H3;4-5,7H,6H2,1-3H3. The van der Waals surface area contributed by atoms with Gasteiger partial charge in [0.2, 0.25) is 11.8 Å². The first-order valence-corrected chi connectivity index (χ1v) is 13.6. The molecule has 2 atom stereocenters. The van der Waals surface area contributed by atoms with Crippen LogP contribution in [-0.2, 0) is 17.6 Å². The summed E-state index contributed by atoms with van der Waals surface area (Å²) in [5, 5.41) is 0. The maximum absolute atomic E-state index is 5.58. The van der Waals surface area contributed by atoms with Crippen LogP contribution >= 0.6 is 0 Å². The van der Waals surface area contributed by atoms with E-state index in [0.717, 1.165) is 49.1 Å². The Hall–Kier alpha value is -2.54. The molecule has 7 nitrogen and oxygen atoms in total. The van der Waals surface area contributed by atoms with Crippen LogP contribution in [0.15, 0.2) is 36.4 Å². The van der Waals surface area contributed by atoms with Crippen molar-refractivity contribution in [3.63, 3.8) is 0 Å². The summed E-state index contributed by atoms with van der Waals surface area (Å²) >= 11 is 0. The van der Waals surface area contributed by atoms with E-state index in [9.17, 15) is 0 Å². The molecule has 2 unspecified atom stereocenters. The number of hydrogen-bond donors (Lipinski definition) is 0. The van der Waals surface area contributed by atoms with Crippen LogP contribution in [0.3, 0.4) is 0 Å². The lowest BCUT2D eigenvalue weighted by Gasteiger charge is -2.25. The number of nitrogens with zero attached hydrogens (tertiary/aromatic N) is 4. The molecule has 0 aromatic carbocycles. The summed E-state index contributed by atoms with van der Waals surface area (Å²) in [5.74, 6) is 3.47. The Kier molecular flexibility index (Phi) is 16.4. The molecular weight excluding hydrogens is 464 g/mol. The Morgan fingerprint density at radius 1 is 0.919 bits per heavy atom. The third kappa shape index (κ3) is 14.7. The maximum Gasteiger partial charge on any atom is 0.235 e. The number of hydrogen-bond acceptors (Lipinski definition) is 7. The summed E-state index contributed by atoms with van der Waals surface area (Å²) < 4.78 is 15.8. The average Bonchev–Trinajstić information content (AvgIpc) is 2.84. The fraction of sp³-hybridized carbons (Fsp3) is 0.667. The third-order valence-corrected chi connectivity index (χ3v) is 5.75. The molecule has 37 heavy (non-hydrogen) atoms. The molecule has 2 aromatic rings. The number of allylic oxidation sites excluding steroid dienone is 1. The van der Waals surface area contributed by atoms with Crippen LogP contribution in [0.5, 0.6) is 11.8 Å². The molecule has 0 spiro atoms. The molecule has 0 N–H and O–H groups in total. The molecule has 0 aliphatic carbocycles. The highest BCUT2D eigenvalue weighted by atomic mass is 16.5. The van der Waals surface area contributed by atoms with E-state index < -0.39 is 0 Å². The molecular formula is C30H50N4O3. The van der Waals surface area contributed by atoms with Gasteiger partial charge in [-0.2, -0.15) is 0 Å². The zero-order valence-corrected chi connectivity index (χ0v) is 24.7. The van der Waals surface area contributed by atoms with Gasteiger partial charge in [0.1, 0.15) is 11.4 Å². The SMILES string of the molecule is CC(C)=CC1CC(C)CCO1.COc1nccnc1CC(C)C.COc1nccnc1CCCC(C)C. The Bertz CT molecular complexity index is 898. The molecule has 1 aliphatic heterocycles. The Morgan fingerprint density at radius 2 is 1.49 bits per heavy atom. The van der Waals surface area contributed by atoms with E-state index >= 15 is 0 Å². The highest BCUT2D eigenvalue weighted by molar-refractivity contribution is 5.17. The number of aromatic nitrogens is 4. The Morgan fingerprint density at radius 3 is 2.00 bits per heavy atom. The number of methoxy groups -OCH3 is 2. The minimum atomic E-state index is 0.392. The molecule has 1 aliphatic rings. The highest BCUT2D eigenvalue weighted by Crippen LogP contribution is 2.21. The van der Waals surface area contributed by atoms with Crippen LogP contribution in [0.1, 0.15) is 85.5 Å². The van der Waals surface area contributed by atoms with E-state index in [1.165, 1.54) is 24.8 Å². The zero-order valence-electron chi connectivity index (χ0n) is 24.7. The summed E-state index contributed by atoms with van der Waals surface area (Å²) in [5.41, 5.74) is 3.27. The predicted octanol–water partition coefficient (Wildman–Crippen LogP) is 6.92. The molecule has 0 radical (unpaired) electrons. The Labute approximate surface area is 225 Å². The van der Waals surface area contributed by atoms with Crippen molar-refractivity contribution in [3.8, 4) is 11.8 Å². The quantitative estimate of drug-likeness (QED) is 0.336. The van der Waals surface area contributed by atoms with Crippen LogP contribution in [0.4, 0.5) is 0 Å². The first kappa shape index (κ1) is 32.5. The largest absolute Gasteiger partial charge is 0.480 e. The van der Waals surface area contributed by atoms with Crippen molar-refractivity contribution in [2.24, 2.45) is 17.8 Å². The molecule has 1 fully saturated rings. The van der Waals surface area contributed by atoms with Crippen molar-refractivity contribution < 1.29 is 14.2 Å². The number of rotatable bonds is 9. The summed E-state index contributed by atoms with van der Waals surface area (Å²) in [6, 6.07) is 0. The summed E-state index contributed by atoms with van der Waals surface area (Å²) in [6.07, 6.45) is 16.0. The molecule has 7 heteroatoms. The first-order valence-electron chi connectivity index (χ1n) is 13.6. The van der Waals surface area contributed by atoms with Gasteiger partial charge in [-0.25, -0.2) is 9.97 Å². The van der Waals surface area contributed by atoms with E-state index in [2.05, 4.69) is 74.5 Å². The van der Waals surface area contributed by atoms with Crippen LogP contribution in [-0.4, -0.2) is 46.9 Å². The van der Waals surface area contributed by atoms with E-state index in [4.69, 9.17) is 14.2 Å². The summed E-state index contributed by atoms with van der Waals surface area (Å²) in [7, 11) is 3.25. The van der Waals surface area contributed by atoms with Crippen molar-refractivity contribution in [1.29, 1.82) is 0 Å². The van der Waals surface area contributed by atoms with E-state index in [0.29, 0.717) is 23.8 Å². The topological polar surface area (TPSA) is 79.2 Å². The number of aryl methyl sites for hydroxylation is 1. The second kappa shape index (κ2) is 18.7. The second-order valence-electron chi connectivity index (χ2n) is 10.7. The third-order valence-electron chi connectivity index (χ3n) is 5.75. The van der Waals surface area contributed by atoms with Gasteiger partial charge in [-0.1, -0.05) is 52.7 Å². The molecule has 0 amide bonds. The van der Waals surface area contributed by atoms with Crippen molar-refractivity contribution in [3.05, 3.63) is 47.8 Å². The number of ether oxygens (including phenoxy) is 3. The Balaban J connectivity index is 0.000000280. The zero-order chi connectivity index (χ0) is 27.6. The molecule has 0 saturated carbocycles.